The number of anilines is 1. The molecular formula is C16H15NO5S2. The predicted molar refractivity (Wildman–Crippen MR) is 96.9 cm³/mol. The molecule has 0 spiro atoms. The van der Waals surface area contributed by atoms with Crippen LogP contribution in [0.25, 0.3) is 21.9 Å². The van der Waals surface area contributed by atoms with E-state index in [4.69, 9.17) is 4.42 Å². The Labute approximate surface area is 145 Å². The van der Waals surface area contributed by atoms with Crippen LogP contribution in [0.15, 0.2) is 46.9 Å². The van der Waals surface area contributed by atoms with Crippen LogP contribution in [0.5, 0.6) is 0 Å². The van der Waals surface area contributed by atoms with Gasteiger partial charge in [-0.15, -0.1) is 0 Å². The Morgan fingerprint density at radius 3 is 2.58 bits per heavy atom. The van der Waals surface area contributed by atoms with E-state index in [1.165, 1.54) is 0 Å². The standard InChI is InChI=1S/C16H15NO5S2/c18-16(19)13(7-8-23)17(24(20)21)10-5-6-15-12(9-10)11-3-1-2-4-14(11)22-15/h1-6,9,13,23H,7-8H2,(H,18,19)(H,20,21). The number of nitrogens with zero attached hydrogens (tertiary/aromatic N) is 1. The number of thiol groups is 1. The minimum Gasteiger partial charge on any atom is -0.480 e. The highest BCUT2D eigenvalue weighted by Gasteiger charge is 2.29. The maximum atomic E-state index is 11.8. The molecule has 1 heterocycles. The predicted octanol–water partition coefficient (Wildman–Crippen LogP) is 3.30. The van der Waals surface area contributed by atoms with Crippen LogP contribution in [0.3, 0.4) is 0 Å². The lowest BCUT2D eigenvalue weighted by Crippen LogP contribution is -2.42. The van der Waals surface area contributed by atoms with E-state index in [0.717, 1.165) is 15.1 Å². The second kappa shape index (κ2) is 6.84. The first kappa shape index (κ1) is 16.8. The highest BCUT2D eigenvalue weighted by atomic mass is 32.2. The van der Waals surface area contributed by atoms with Crippen molar-refractivity contribution in [1.29, 1.82) is 0 Å². The summed E-state index contributed by atoms with van der Waals surface area (Å²) in [5.41, 5.74) is 1.67. The lowest BCUT2D eigenvalue weighted by atomic mass is 10.1. The third-order valence-corrected chi connectivity index (χ3v) is 4.81. The van der Waals surface area contributed by atoms with Gasteiger partial charge in [0.25, 0.3) is 11.3 Å². The summed E-state index contributed by atoms with van der Waals surface area (Å²) in [4.78, 5) is 11.5. The van der Waals surface area contributed by atoms with Gasteiger partial charge in [-0.05, 0) is 36.4 Å². The molecule has 0 saturated carbocycles. The van der Waals surface area contributed by atoms with Crippen molar-refractivity contribution in [1.82, 2.24) is 0 Å². The summed E-state index contributed by atoms with van der Waals surface area (Å²) in [7, 11) is 0. The lowest BCUT2D eigenvalue weighted by molar-refractivity contribution is -0.138. The first-order chi connectivity index (χ1) is 11.5. The molecule has 1 aromatic heterocycles. The fraction of sp³-hybridized carbons (Fsp3) is 0.188. The Morgan fingerprint density at radius 2 is 1.92 bits per heavy atom. The maximum absolute atomic E-state index is 11.8. The van der Waals surface area contributed by atoms with Crippen LogP contribution in [0.4, 0.5) is 5.69 Å². The summed E-state index contributed by atoms with van der Waals surface area (Å²) in [5, 5.41) is 11.0. The van der Waals surface area contributed by atoms with Crippen LogP contribution < -0.4 is 4.31 Å². The Balaban J connectivity index is 2.15. The molecule has 0 saturated heterocycles. The number of rotatable bonds is 6. The number of carboxylic acid groups (broad SMARTS) is 1. The van der Waals surface area contributed by atoms with Crippen molar-refractivity contribution in [3.63, 3.8) is 0 Å². The molecule has 2 atom stereocenters. The van der Waals surface area contributed by atoms with E-state index < -0.39 is 23.3 Å². The molecule has 0 radical (unpaired) electrons. The van der Waals surface area contributed by atoms with Crippen LogP contribution in [-0.2, 0) is 16.1 Å². The van der Waals surface area contributed by atoms with Crippen molar-refractivity contribution in [3.05, 3.63) is 42.5 Å². The summed E-state index contributed by atoms with van der Waals surface area (Å²) >= 11 is 1.56. The average Bonchev–Trinajstić information content (AvgIpc) is 2.92. The Bertz CT molecular complexity index is 923. The van der Waals surface area contributed by atoms with E-state index in [2.05, 4.69) is 12.6 Å². The second-order valence-electron chi connectivity index (χ2n) is 5.20. The first-order valence-electron chi connectivity index (χ1n) is 7.18. The summed E-state index contributed by atoms with van der Waals surface area (Å²) in [6.07, 6.45) is 0.134. The quantitative estimate of drug-likeness (QED) is 0.460. The van der Waals surface area contributed by atoms with Crippen molar-refractivity contribution < 1.29 is 23.1 Å². The molecule has 2 N–H and O–H groups in total. The first-order valence-corrected chi connectivity index (χ1v) is 8.87. The van der Waals surface area contributed by atoms with Gasteiger partial charge < -0.3 is 9.52 Å². The van der Waals surface area contributed by atoms with Crippen LogP contribution in [0, 0.1) is 0 Å². The fourth-order valence-corrected chi connectivity index (χ4v) is 3.65. The van der Waals surface area contributed by atoms with Gasteiger partial charge in [0.15, 0.2) is 0 Å². The summed E-state index contributed by atoms with van der Waals surface area (Å²) < 4.78 is 28.1. The van der Waals surface area contributed by atoms with Gasteiger partial charge in [-0.1, -0.05) is 18.2 Å². The number of aliphatic carboxylic acids is 1. The van der Waals surface area contributed by atoms with E-state index in [0.29, 0.717) is 16.9 Å². The molecule has 0 fully saturated rings. The second-order valence-corrected chi connectivity index (χ2v) is 6.50. The topological polar surface area (TPSA) is 91.0 Å². The van der Waals surface area contributed by atoms with E-state index in [-0.39, 0.29) is 12.2 Å². The van der Waals surface area contributed by atoms with Gasteiger partial charge in [-0.3, -0.25) is 8.86 Å². The number of hydrogen-bond donors (Lipinski definition) is 3. The smallest absolute Gasteiger partial charge is 0.327 e. The van der Waals surface area contributed by atoms with Gasteiger partial charge >= 0.3 is 5.97 Å². The molecule has 0 aliphatic carbocycles. The lowest BCUT2D eigenvalue weighted by Gasteiger charge is -2.26. The molecule has 0 bridgehead atoms. The zero-order valence-corrected chi connectivity index (χ0v) is 14.2. The monoisotopic (exact) mass is 365 g/mol. The maximum Gasteiger partial charge on any atom is 0.327 e. The molecule has 6 nitrogen and oxygen atoms in total. The average molecular weight is 365 g/mol. The number of carboxylic acids is 1. The van der Waals surface area contributed by atoms with Crippen molar-refractivity contribution in [3.8, 4) is 0 Å². The number of furan rings is 1. The van der Waals surface area contributed by atoms with Gasteiger partial charge in [0, 0.05) is 10.8 Å². The molecule has 8 heteroatoms. The van der Waals surface area contributed by atoms with E-state index in [9.17, 15) is 18.7 Å². The molecule has 3 rings (SSSR count). The van der Waals surface area contributed by atoms with E-state index in [1.807, 2.05) is 24.3 Å². The van der Waals surface area contributed by atoms with Crippen molar-refractivity contribution >= 4 is 57.5 Å². The molecule has 3 aromatic rings. The van der Waals surface area contributed by atoms with Gasteiger partial charge in [0.05, 0.1) is 5.69 Å². The molecule has 0 amide bonds. The van der Waals surface area contributed by atoms with Crippen molar-refractivity contribution in [2.45, 2.75) is 12.5 Å². The molecular weight excluding hydrogens is 350 g/mol. The van der Waals surface area contributed by atoms with Crippen LogP contribution in [0.2, 0.25) is 0 Å². The van der Waals surface area contributed by atoms with Gasteiger partial charge in [0.2, 0.25) is 0 Å². The summed E-state index contributed by atoms with van der Waals surface area (Å²) in [6.45, 7) is 0. The Kier molecular flexibility index (Phi) is 4.79. The van der Waals surface area contributed by atoms with E-state index in [1.54, 1.807) is 18.2 Å². The minimum absolute atomic E-state index is 0.134. The normalized spacial score (nSPS) is 13.9. The van der Waals surface area contributed by atoms with Gasteiger partial charge in [-0.25, -0.2) is 9.00 Å². The third-order valence-electron chi connectivity index (χ3n) is 3.75. The van der Waals surface area contributed by atoms with E-state index >= 15 is 0 Å². The fourth-order valence-electron chi connectivity index (χ4n) is 2.69. The van der Waals surface area contributed by atoms with Crippen molar-refractivity contribution in [2.75, 3.05) is 10.1 Å². The highest BCUT2D eigenvalue weighted by Crippen LogP contribution is 2.32. The largest absolute Gasteiger partial charge is 0.480 e. The number of para-hydroxylation sites is 1. The molecule has 0 aliphatic heterocycles. The third kappa shape index (κ3) is 3.00. The molecule has 0 aliphatic rings. The van der Waals surface area contributed by atoms with Crippen LogP contribution in [0.1, 0.15) is 6.42 Å². The number of hydrogen-bond acceptors (Lipinski definition) is 4. The summed E-state index contributed by atoms with van der Waals surface area (Å²) in [6, 6.07) is 11.2. The molecule has 126 valence electrons. The highest BCUT2D eigenvalue weighted by molar-refractivity contribution is 7.81. The zero-order valence-electron chi connectivity index (χ0n) is 12.5. The molecule has 24 heavy (non-hydrogen) atoms. The number of fused-ring (bicyclic) bond motifs is 3. The SMILES string of the molecule is O=C(O)C(CCS)N(c1ccc2oc3ccccc3c2c1)S(=O)O. The van der Waals surface area contributed by atoms with Gasteiger partial charge in [0.1, 0.15) is 17.2 Å². The Hall–Kier alpha value is -2.03. The molecule has 2 unspecified atom stereocenters. The number of benzene rings is 2. The van der Waals surface area contributed by atoms with Crippen molar-refractivity contribution in [2.24, 2.45) is 0 Å². The van der Waals surface area contributed by atoms with Crippen LogP contribution in [-0.4, -0.2) is 31.6 Å². The number of carbonyl (C=O) groups is 1. The van der Waals surface area contributed by atoms with Crippen LogP contribution >= 0.6 is 12.6 Å². The molecule has 2 aromatic carbocycles. The Morgan fingerprint density at radius 1 is 1.21 bits per heavy atom. The van der Waals surface area contributed by atoms with Gasteiger partial charge in [-0.2, -0.15) is 12.6 Å². The minimum atomic E-state index is -2.48. The zero-order chi connectivity index (χ0) is 17.3. The summed E-state index contributed by atoms with van der Waals surface area (Å²) in [5.74, 6) is -0.898.